The van der Waals surface area contributed by atoms with E-state index in [1.165, 1.54) is 0 Å². The smallest absolute Gasteiger partial charge is 0.345 e. The van der Waals surface area contributed by atoms with Crippen molar-refractivity contribution in [3.8, 4) is 0 Å². The Morgan fingerprint density at radius 3 is 2.25 bits per heavy atom. The molecule has 28 heavy (non-hydrogen) atoms. The molecule has 2 rings (SSSR count). The van der Waals surface area contributed by atoms with Gasteiger partial charge in [-0.2, -0.15) is 13.2 Å². The second kappa shape index (κ2) is 8.28. The Kier molecular flexibility index (Phi) is 6.27. The van der Waals surface area contributed by atoms with Crippen LogP contribution in [-0.2, 0) is 22.3 Å². The molecule has 0 atom stereocenters. The number of halogens is 3. The molecule has 0 aliphatic carbocycles. The molecule has 1 aromatic carbocycles. The van der Waals surface area contributed by atoms with Crippen LogP contribution in [0.3, 0.4) is 0 Å². The van der Waals surface area contributed by atoms with Crippen LogP contribution in [0.25, 0.3) is 0 Å². The normalized spacial score (nSPS) is 11.2. The molecule has 150 valence electrons. The van der Waals surface area contributed by atoms with Crippen molar-refractivity contribution in [2.45, 2.75) is 33.5 Å². The molecule has 9 heteroatoms. The van der Waals surface area contributed by atoms with Crippen molar-refractivity contribution in [2.75, 3.05) is 11.9 Å². The second-order valence-corrected chi connectivity index (χ2v) is 6.45. The molecule has 2 aromatic rings. The number of rotatable bonds is 5. The molecule has 0 saturated carbocycles. The highest BCUT2D eigenvalue weighted by atomic mass is 19.4. The number of hydrogen-bond acceptors (Lipinski definition) is 3. The molecule has 6 nitrogen and oxygen atoms in total. The Balaban J connectivity index is 1.98. The van der Waals surface area contributed by atoms with Gasteiger partial charge in [0.25, 0.3) is 5.56 Å². The van der Waals surface area contributed by atoms with Gasteiger partial charge in [0.05, 0.1) is 6.54 Å². The third-order valence-electron chi connectivity index (χ3n) is 4.03. The van der Waals surface area contributed by atoms with Crippen LogP contribution in [0.1, 0.15) is 22.3 Å². The second-order valence-electron chi connectivity index (χ2n) is 6.45. The summed E-state index contributed by atoms with van der Waals surface area (Å²) in [5.74, 6) is -1.24. The third kappa shape index (κ3) is 5.21. The van der Waals surface area contributed by atoms with Crippen LogP contribution in [0.5, 0.6) is 0 Å². The van der Waals surface area contributed by atoms with Crippen LogP contribution in [0.4, 0.5) is 18.9 Å². The Hall–Kier alpha value is -3.10. The number of nitrogens with zero attached hydrogens (tertiary/aromatic N) is 1. The molecule has 0 radical (unpaired) electrons. The predicted molar refractivity (Wildman–Crippen MR) is 98.0 cm³/mol. The number of carbonyl (C=O) groups excluding carboxylic acids is 2. The van der Waals surface area contributed by atoms with Gasteiger partial charge in [-0.1, -0.05) is 17.7 Å². The molecule has 2 amide bonds. The quantitative estimate of drug-likeness (QED) is 0.817. The summed E-state index contributed by atoms with van der Waals surface area (Å²) in [7, 11) is 0. The molecule has 0 aliphatic heterocycles. The lowest BCUT2D eigenvalue weighted by Gasteiger charge is -2.13. The summed E-state index contributed by atoms with van der Waals surface area (Å²) in [6.07, 6.45) is -3.73. The highest BCUT2D eigenvalue weighted by molar-refractivity contribution is 5.95. The number of carbonyl (C=O) groups is 2. The molecule has 0 saturated heterocycles. The van der Waals surface area contributed by atoms with Crippen LogP contribution < -0.4 is 16.2 Å². The molecule has 0 spiro atoms. The molecule has 0 fully saturated rings. The lowest BCUT2D eigenvalue weighted by atomic mass is 10.1. The third-order valence-corrected chi connectivity index (χ3v) is 4.03. The summed E-state index contributed by atoms with van der Waals surface area (Å²) < 4.78 is 38.9. The Bertz CT molecular complexity index is 942. The summed E-state index contributed by atoms with van der Waals surface area (Å²) >= 11 is 0. The number of aromatic nitrogens is 1. The van der Waals surface area contributed by atoms with Crippen molar-refractivity contribution < 1.29 is 22.8 Å². The summed E-state index contributed by atoms with van der Waals surface area (Å²) in [4.78, 5) is 35.8. The van der Waals surface area contributed by atoms with Crippen molar-refractivity contribution in [1.29, 1.82) is 0 Å². The van der Waals surface area contributed by atoms with E-state index in [-0.39, 0.29) is 6.54 Å². The van der Waals surface area contributed by atoms with E-state index in [1.807, 2.05) is 32.9 Å². The average molecular weight is 395 g/mol. The van der Waals surface area contributed by atoms with Crippen molar-refractivity contribution in [1.82, 2.24) is 9.88 Å². The fourth-order valence-electron chi connectivity index (χ4n) is 2.83. The van der Waals surface area contributed by atoms with Gasteiger partial charge in [0, 0.05) is 11.9 Å². The molecule has 2 N–H and O–H groups in total. The minimum absolute atomic E-state index is 0.376. The van der Waals surface area contributed by atoms with Gasteiger partial charge in [-0.15, -0.1) is 0 Å². The van der Waals surface area contributed by atoms with Crippen LogP contribution in [0.2, 0.25) is 0 Å². The van der Waals surface area contributed by atoms with Crippen molar-refractivity contribution in [3.63, 3.8) is 0 Å². The van der Waals surface area contributed by atoms with Crippen LogP contribution in [0, 0.1) is 20.8 Å². The monoisotopic (exact) mass is 395 g/mol. The maximum atomic E-state index is 12.8. The zero-order valence-electron chi connectivity index (χ0n) is 15.6. The topological polar surface area (TPSA) is 80.2 Å². The summed E-state index contributed by atoms with van der Waals surface area (Å²) in [6, 6.07) is 5.49. The molecular weight excluding hydrogens is 375 g/mol. The Labute approximate surface area is 159 Å². The summed E-state index contributed by atoms with van der Waals surface area (Å²) in [5, 5.41) is 4.99. The number of hydrogen-bond donors (Lipinski definition) is 2. The Morgan fingerprint density at radius 1 is 1.07 bits per heavy atom. The van der Waals surface area contributed by atoms with E-state index in [1.54, 1.807) is 0 Å². The first kappa shape index (κ1) is 21.2. The summed E-state index contributed by atoms with van der Waals surface area (Å²) in [6.45, 7) is 4.61. The van der Waals surface area contributed by atoms with Gasteiger partial charge >= 0.3 is 6.18 Å². The van der Waals surface area contributed by atoms with Crippen LogP contribution in [-0.4, -0.2) is 22.9 Å². The molecule has 0 unspecified atom stereocenters. The first-order chi connectivity index (χ1) is 13.0. The largest absolute Gasteiger partial charge is 0.421 e. The predicted octanol–water partition coefficient (Wildman–Crippen LogP) is 2.55. The van der Waals surface area contributed by atoms with Gasteiger partial charge in [-0.25, -0.2) is 0 Å². The highest BCUT2D eigenvalue weighted by Gasteiger charge is 2.34. The number of pyridine rings is 1. The zero-order valence-corrected chi connectivity index (χ0v) is 15.6. The SMILES string of the molecule is Cc1cc(C)c(NC(=O)CNC(=O)Cn2cccc(C(F)(F)F)c2=O)c(C)c1. The van der Waals surface area contributed by atoms with Crippen LogP contribution in [0.15, 0.2) is 35.3 Å². The van der Waals surface area contributed by atoms with Gasteiger partial charge in [-0.3, -0.25) is 14.4 Å². The average Bonchev–Trinajstić information content (AvgIpc) is 2.57. The van der Waals surface area contributed by atoms with Gasteiger partial charge in [0.1, 0.15) is 12.1 Å². The fourth-order valence-corrected chi connectivity index (χ4v) is 2.83. The molecule has 1 aromatic heterocycles. The number of alkyl halides is 3. The van der Waals surface area contributed by atoms with Gasteiger partial charge < -0.3 is 15.2 Å². The van der Waals surface area contributed by atoms with E-state index in [0.29, 0.717) is 16.3 Å². The van der Waals surface area contributed by atoms with E-state index in [0.717, 1.165) is 29.0 Å². The molecule has 0 bridgehead atoms. The first-order valence-corrected chi connectivity index (χ1v) is 8.40. The molecule has 0 aliphatic rings. The number of anilines is 1. The lowest BCUT2D eigenvalue weighted by Crippen LogP contribution is -2.38. The lowest BCUT2D eigenvalue weighted by molar-refractivity contribution is -0.139. The fraction of sp³-hybridized carbons (Fsp3) is 0.316. The van der Waals surface area contributed by atoms with E-state index in [9.17, 15) is 27.6 Å². The van der Waals surface area contributed by atoms with E-state index >= 15 is 0 Å². The van der Waals surface area contributed by atoms with Gasteiger partial charge in [0.15, 0.2) is 0 Å². The highest BCUT2D eigenvalue weighted by Crippen LogP contribution is 2.26. The van der Waals surface area contributed by atoms with Gasteiger partial charge in [-0.05, 0) is 44.0 Å². The minimum atomic E-state index is -4.81. The standard InChI is InChI=1S/C19H20F3N3O3/c1-11-7-12(2)17(13(3)8-11)24-15(26)9-23-16(27)10-25-6-4-5-14(18(25)28)19(20,21)22/h4-8H,9-10H2,1-3H3,(H,23,27)(H,24,26). The molecular formula is C19H20F3N3O3. The minimum Gasteiger partial charge on any atom is -0.345 e. The zero-order chi connectivity index (χ0) is 21.1. The van der Waals surface area contributed by atoms with Crippen molar-refractivity contribution in [3.05, 3.63) is 63.1 Å². The number of benzene rings is 1. The van der Waals surface area contributed by atoms with Crippen molar-refractivity contribution >= 4 is 17.5 Å². The van der Waals surface area contributed by atoms with E-state index < -0.39 is 35.7 Å². The number of amides is 2. The maximum Gasteiger partial charge on any atom is 0.421 e. The summed E-state index contributed by atoms with van der Waals surface area (Å²) in [5.41, 5.74) is 0.749. The first-order valence-electron chi connectivity index (χ1n) is 8.40. The van der Waals surface area contributed by atoms with E-state index in [4.69, 9.17) is 0 Å². The van der Waals surface area contributed by atoms with Crippen LogP contribution >= 0.6 is 0 Å². The maximum absolute atomic E-state index is 12.8. The molecule has 1 heterocycles. The Morgan fingerprint density at radius 2 is 1.68 bits per heavy atom. The van der Waals surface area contributed by atoms with Gasteiger partial charge in [0.2, 0.25) is 11.8 Å². The van der Waals surface area contributed by atoms with E-state index in [2.05, 4.69) is 10.6 Å². The van der Waals surface area contributed by atoms with Crippen molar-refractivity contribution in [2.24, 2.45) is 0 Å². The number of aryl methyl sites for hydroxylation is 3. The number of nitrogens with one attached hydrogen (secondary N) is 2.